The summed E-state index contributed by atoms with van der Waals surface area (Å²) in [5.41, 5.74) is 0.832. The number of rotatable bonds is 4. The van der Waals surface area contributed by atoms with Crippen molar-refractivity contribution in [2.45, 2.75) is 25.1 Å². The zero-order valence-corrected chi connectivity index (χ0v) is 12.5. The first-order chi connectivity index (χ1) is 9.47. The van der Waals surface area contributed by atoms with Crippen molar-refractivity contribution in [3.63, 3.8) is 0 Å². The van der Waals surface area contributed by atoms with Gasteiger partial charge in [-0.15, -0.1) is 0 Å². The number of halogens is 4. The minimum Gasteiger partial charge on any atom is -0.314 e. The van der Waals surface area contributed by atoms with E-state index in [0.717, 1.165) is 31.7 Å². The quantitative estimate of drug-likeness (QED) is 0.844. The molecule has 112 valence electrons. The number of piperazine rings is 1. The largest absolute Gasteiger partial charge is 0.389 e. The van der Waals surface area contributed by atoms with E-state index in [-0.39, 0.29) is 12.5 Å². The summed E-state index contributed by atoms with van der Waals surface area (Å²) in [6.07, 6.45) is -3.20. The maximum Gasteiger partial charge on any atom is 0.389 e. The van der Waals surface area contributed by atoms with E-state index in [1.165, 1.54) is 0 Å². The molecule has 7 heteroatoms. The van der Waals surface area contributed by atoms with E-state index in [0.29, 0.717) is 4.60 Å². The minimum atomic E-state index is -4.12. The average molecular weight is 352 g/mol. The fourth-order valence-electron chi connectivity index (χ4n) is 2.48. The summed E-state index contributed by atoms with van der Waals surface area (Å²) in [6.45, 7) is 3.12. The van der Waals surface area contributed by atoms with E-state index in [9.17, 15) is 13.2 Å². The lowest BCUT2D eigenvalue weighted by molar-refractivity contribution is -0.138. The second-order valence-electron chi connectivity index (χ2n) is 4.84. The van der Waals surface area contributed by atoms with E-state index in [1.54, 1.807) is 12.3 Å². The molecule has 2 heterocycles. The molecule has 0 bridgehead atoms. The molecule has 1 atom stereocenters. The smallest absolute Gasteiger partial charge is 0.314 e. The number of aromatic nitrogens is 1. The van der Waals surface area contributed by atoms with Crippen LogP contribution in [0, 0.1) is 0 Å². The van der Waals surface area contributed by atoms with Gasteiger partial charge in [0.15, 0.2) is 0 Å². The molecule has 1 aliphatic heterocycles. The van der Waals surface area contributed by atoms with Gasteiger partial charge in [-0.3, -0.25) is 4.90 Å². The number of alkyl halides is 3. The molecule has 0 spiro atoms. The van der Waals surface area contributed by atoms with E-state index in [2.05, 4.69) is 31.1 Å². The Morgan fingerprint density at radius 2 is 2.05 bits per heavy atom. The summed E-state index contributed by atoms with van der Waals surface area (Å²) in [5, 5.41) is 3.22. The van der Waals surface area contributed by atoms with Crippen LogP contribution in [0.3, 0.4) is 0 Å². The molecule has 1 aromatic rings. The lowest BCUT2D eigenvalue weighted by Crippen LogP contribution is -2.45. The molecule has 1 aliphatic rings. The summed E-state index contributed by atoms with van der Waals surface area (Å²) in [6, 6.07) is 3.37. The molecule has 2 rings (SSSR count). The first-order valence-corrected chi connectivity index (χ1v) is 7.38. The van der Waals surface area contributed by atoms with Gasteiger partial charge in [0.05, 0.1) is 0 Å². The van der Waals surface area contributed by atoms with Crippen molar-refractivity contribution < 1.29 is 13.2 Å². The maximum atomic E-state index is 12.5. The Morgan fingerprint density at radius 3 is 2.65 bits per heavy atom. The highest BCUT2D eigenvalue weighted by molar-refractivity contribution is 9.10. The molecule has 0 unspecified atom stereocenters. The van der Waals surface area contributed by atoms with Gasteiger partial charge in [-0.1, -0.05) is 6.07 Å². The molecule has 1 aromatic heterocycles. The Hall–Kier alpha value is -0.660. The van der Waals surface area contributed by atoms with Crippen molar-refractivity contribution in [3.8, 4) is 0 Å². The number of nitrogens with one attached hydrogen (secondary N) is 1. The Balaban J connectivity index is 2.17. The third kappa shape index (κ3) is 4.43. The first-order valence-electron chi connectivity index (χ1n) is 6.59. The minimum absolute atomic E-state index is 0.0633. The summed E-state index contributed by atoms with van der Waals surface area (Å²) in [7, 11) is 0. The van der Waals surface area contributed by atoms with Crippen LogP contribution in [-0.4, -0.2) is 42.2 Å². The standard InChI is InChI=1S/C13H17BrF3N3/c14-12-10(2-1-5-19-12)11(3-4-13(15,16)17)20-8-6-18-7-9-20/h1-2,5,11,18H,3-4,6-9H2/t11-/m1/s1. The number of nitrogens with zero attached hydrogens (tertiary/aromatic N) is 2. The van der Waals surface area contributed by atoms with Gasteiger partial charge in [0.25, 0.3) is 0 Å². The van der Waals surface area contributed by atoms with Gasteiger partial charge in [0.2, 0.25) is 0 Å². The van der Waals surface area contributed by atoms with Crippen molar-refractivity contribution in [2.24, 2.45) is 0 Å². The monoisotopic (exact) mass is 351 g/mol. The van der Waals surface area contributed by atoms with E-state index in [4.69, 9.17) is 0 Å². The molecule has 3 nitrogen and oxygen atoms in total. The molecular formula is C13H17BrF3N3. The van der Waals surface area contributed by atoms with E-state index in [1.807, 2.05) is 6.07 Å². The third-order valence-electron chi connectivity index (χ3n) is 3.44. The van der Waals surface area contributed by atoms with Crippen molar-refractivity contribution in [1.82, 2.24) is 15.2 Å². The van der Waals surface area contributed by atoms with Crippen molar-refractivity contribution >= 4 is 15.9 Å². The molecule has 0 radical (unpaired) electrons. The van der Waals surface area contributed by atoms with Crippen LogP contribution in [0.15, 0.2) is 22.9 Å². The normalized spacial score (nSPS) is 19.0. The van der Waals surface area contributed by atoms with Crippen LogP contribution in [0.1, 0.15) is 24.4 Å². The molecule has 20 heavy (non-hydrogen) atoms. The Kier molecular flexibility index (Phi) is 5.40. The second kappa shape index (κ2) is 6.87. The lowest BCUT2D eigenvalue weighted by atomic mass is 10.0. The van der Waals surface area contributed by atoms with Gasteiger partial charge < -0.3 is 5.32 Å². The highest BCUT2D eigenvalue weighted by Gasteiger charge is 2.32. The summed E-state index contributed by atoms with van der Waals surface area (Å²) < 4.78 is 38.3. The summed E-state index contributed by atoms with van der Waals surface area (Å²) in [5.74, 6) is 0. The Morgan fingerprint density at radius 1 is 1.35 bits per heavy atom. The van der Waals surface area contributed by atoms with Crippen LogP contribution < -0.4 is 5.32 Å². The summed E-state index contributed by atoms with van der Waals surface area (Å²) in [4.78, 5) is 6.23. The van der Waals surface area contributed by atoms with E-state index < -0.39 is 12.6 Å². The predicted octanol–water partition coefficient (Wildman–Crippen LogP) is 3.13. The first kappa shape index (κ1) is 15.7. The topological polar surface area (TPSA) is 28.2 Å². The predicted molar refractivity (Wildman–Crippen MR) is 74.4 cm³/mol. The zero-order valence-electron chi connectivity index (χ0n) is 11.0. The van der Waals surface area contributed by atoms with Crippen LogP contribution >= 0.6 is 15.9 Å². The summed E-state index contributed by atoms with van der Waals surface area (Å²) >= 11 is 3.35. The van der Waals surface area contributed by atoms with Crippen molar-refractivity contribution in [3.05, 3.63) is 28.5 Å². The van der Waals surface area contributed by atoms with Gasteiger partial charge in [-0.25, -0.2) is 4.98 Å². The Labute approximate surface area is 124 Å². The third-order valence-corrected chi connectivity index (χ3v) is 4.10. The fourth-order valence-corrected chi connectivity index (χ4v) is 2.99. The molecule has 0 aliphatic carbocycles. The van der Waals surface area contributed by atoms with Gasteiger partial charge in [0.1, 0.15) is 4.60 Å². The van der Waals surface area contributed by atoms with Gasteiger partial charge in [-0.05, 0) is 28.4 Å². The SMILES string of the molecule is FC(F)(F)CC[C@H](c1cccnc1Br)N1CCNCC1. The number of hydrogen-bond acceptors (Lipinski definition) is 3. The van der Waals surface area contributed by atoms with Gasteiger partial charge >= 0.3 is 6.18 Å². The molecule has 1 N–H and O–H groups in total. The highest BCUT2D eigenvalue weighted by atomic mass is 79.9. The molecule has 1 saturated heterocycles. The highest BCUT2D eigenvalue weighted by Crippen LogP contribution is 2.34. The molecule has 0 amide bonds. The average Bonchev–Trinajstić information content (AvgIpc) is 2.41. The van der Waals surface area contributed by atoms with Crippen LogP contribution in [-0.2, 0) is 0 Å². The van der Waals surface area contributed by atoms with Crippen molar-refractivity contribution in [1.29, 1.82) is 0 Å². The van der Waals surface area contributed by atoms with Gasteiger partial charge in [0, 0.05) is 50.4 Å². The van der Waals surface area contributed by atoms with Crippen LogP contribution in [0.4, 0.5) is 13.2 Å². The second-order valence-corrected chi connectivity index (χ2v) is 5.59. The maximum absolute atomic E-state index is 12.5. The van der Waals surface area contributed by atoms with Gasteiger partial charge in [-0.2, -0.15) is 13.2 Å². The number of pyridine rings is 1. The molecule has 0 saturated carbocycles. The van der Waals surface area contributed by atoms with Crippen LogP contribution in [0.25, 0.3) is 0 Å². The van der Waals surface area contributed by atoms with Crippen LogP contribution in [0.2, 0.25) is 0 Å². The van der Waals surface area contributed by atoms with E-state index >= 15 is 0 Å². The lowest BCUT2D eigenvalue weighted by Gasteiger charge is -2.35. The fraction of sp³-hybridized carbons (Fsp3) is 0.615. The molecule has 1 fully saturated rings. The van der Waals surface area contributed by atoms with Crippen LogP contribution in [0.5, 0.6) is 0 Å². The van der Waals surface area contributed by atoms with Crippen molar-refractivity contribution in [2.75, 3.05) is 26.2 Å². The zero-order chi connectivity index (χ0) is 14.6. The molecular weight excluding hydrogens is 335 g/mol. The Bertz CT molecular complexity index is 433. The number of hydrogen-bond donors (Lipinski definition) is 1. The molecule has 0 aromatic carbocycles.